The van der Waals surface area contributed by atoms with Crippen molar-refractivity contribution in [1.82, 2.24) is 19.5 Å². The summed E-state index contributed by atoms with van der Waals surface area (Å²) in [7, 11) is 0. The normalized spacial score (nSPS) is 25.3. The summed E-state index contributed by atoms with van der Waals surface area (Å²) < 4.78 is 6.99. The molecular weight excluding hydrogens is 358 g/mol. The molecule has 11 nitrogen and oxygen atoms in total. The summed E-state index contributed by atoms with van der Waals surface area (Å²) in [4.78, 5) is 46.6. The minimum Gasteiger partial charge on any atom is -0.394 e. The molecule has 0 aliphatic carbocycles. The third-order valence-electron chi connectivity index (χ3n) is 4.62. The maximum Gasteiger partial charge on any atom is 0.280 e. The van der Waals surface area contributed by atoms with Gasteiger partial charge in [0.2, 0.25) is 11.9 Å². The second-order valence-electron chi connectivity index (χ2n) is 6.83. The number of carbonyl (C=O) groups is 2. The van der Waals surface area contributed by atoms with Crippen molar-refractivity contribution in [1.29, 1.82) is 0 Å². The van der Waals surface area contributed by atoms with Crippen LogP contribution in [0.1, 0.15) is 33.4 Å². The number of H-pyrrole nitrogens is 1. The van der Waals surface area contributed by atoms with E-state index < -0.39 is 35.9 Å². The molecule has 1 aliphatic heterocycles. The van der Waals surface area contributed by atoms with Crippen molar-refractivity contribution in [2.45, 2.75) is 45.1 Å². The van der Waals surface area contributed by atoms with E-state index in [1.807, 2.05) is 0 Å². The van der Waals surface area contributed by atoms with Crippen LogP contribution < -0.4 is 10.9 Å². The van der Waals surface area contributed by atoms with E-state index in [0.29, 0.717) is 0 Å². The van der Waals surface area contributed by atoms with E-state index >= 15 is 0 Å². The van der Waals surface area contributed by atoms with Crippen molar-refractivity contribution in [3.8, 4) is 0 Å². The van der Waals surface area contributed by atoms with E-state index in [-0.39, 0.29) is 35.4 Å². The highest BCUT2D eigenvalue weighted by Gasteiger charge is 2.51. The van der Waals surface area contributed by atoms with Crippen LogP contribution in [0.4, 0.5) is 5.95 Å². The van der Waals surface area contributed by atoms with Gasteiger partial charge in [-0.1, -0.05) is 13.8 Å². The van der Waals surface area contributed by atoms with Crippen LogP contribution in [0.5, 0.6) is 0 Å². The molecule has 0 spiro atoms. The molecule has 1 saturated heterocycles. The molecule has 3 atom stereocenters. The Kier molecular flexibility index (Phi) is 4.84. The largest absolute Gasteiger partial charge is 0.394 e. The Labute approximate surface area is 153 Å². The fourth-order valence-corrected chi connectivity index (χ4v) is 2.93. The molecule has 3 heterocycles. The standard InChI is InChI=1S/C16H21N5O6/c1-7(2)13(24)19-15-18-12-11(14(25)20-15)17-6-21(12)10-4-16(26,8(3)23)9(5-22)27-10/h6-7,9-10,22,26H,4-5H2,1-3H3,(H2,18,19,20,24,25)/t9-,10-,16-/m1/s1. The molecule has 0 bridgehead atoms. The van der Waals surface area contributed by atoms with Gasteiger partial charge in [0, 0.05) is 12.3 Å². The van der Waals surface area contributed by atoms with Crippen LogP contribution in [0.3, 0.4) is 0 Å². The summed E-state index contributed by atoms with van der Waals surface area (Å²) in [5.41, 5.74) is -2.28. The molecular formula is C16H21N5O6. The van der Waals surface area contributed by atoms with E-state index in [9.17, 15) is 24.6 Å². The van der Waals surface area contributed by atoms with Gasteiger partial charge in [0.1, 0.15) is 12.3 Å². The van der Waals surface area contributed by atoms with Gasteiger partial charge < -0.3 is 14.9 Å². The number of carbonyl (C=O) groups excluding carboxylic acids is 2. The maximum atomic E-state index is 12.2. The van der Waals surface area contributed by atoms with Crippen LogP contribution in [0.15, 0.2) is 11.1 Å². The average Bonchev–Trinajstić information content (AvgIpc) is 3.16. The fourth-order valence-electron chi connectivity index (χ4n) is 2.93. The first-order valence-electron chi connectivity index (χ1n) is 8.44. The van der Waals surface area contributed by atoms with Crippen molar-refractivity contribution in [3.05, 3.63) is 16.7 Å². The predicted octanol–water partition coefficient (Wildman–Crippen LogP) is -0.686. The van der Waals surface area contributed by atoms with E-state index in [1.165, 1.54) is 17.8 Å². The quantitative estimate of drug-likeness (QED) is 0.531. The number of ether oxygens (including phenoxy) is 1. The molecule has 3 rings (SSSR count). The monoisotopic (exact) mass is 379 g/mol. The van der Waals surface area contributed by atoms with Gasteiger partial charge in [-0.15, -0.1) is 0 Å². The first-order chi connectivity index (χ1) is 12.7. The number of nitrogens with one attached hydrogen (secondary N) is 2. The van der Waals surface area contributed by atoms with Gasteiger partial charge in [-0.25, -0.2) is 4.98 Å². The number of amides is 1. The van der Waals surface area contributed by atoms with Gasteiger partial charge in [0.15, 0.2) is 22.5 Å². The van der Waals surface area contributed by atoms with Crippen molar-refractivity contribution in [2.75, 3.05) is 11.9 Å². The number of aromatic amines is 1. The number of anilines is 1. The van der Waals surface area contributed by atoms with Crippen molar-refractivity contribution >= 4 is 28.8 Å². The third kappa shape index (κ3) is 3.24. The van der Waals surface area contributed by atoms with E-state index in [1.54, 1.807) is 13.8 Å². The molecule has 0 radical (unpaired) electrons. The van der Waals surface area contributed by atoms with Gasteiger partial charge in [-0.3, -0.25) is 29.3 Å². The molecule has 0 saturated carbocycles. The van der Waals surface area contributed by atoms with Gasteiger partial charge in [0.25, 0.3) is 5.56 Å². The Morgan fingerprint density at radius 3 is 2.78 bits per heavy atom. The van der Waals surface area contributed by atoms with Crippen LogP contribution >= 0.6 is 0 Å². The number of aliphatic hydroxyl groups is 2. The Hall–Kier alpha value is -2.63. The number of rotatable bonds is 5. The number of imidazole rings is 1. The predicted molar refractivity (Wildman–Crippen MR) is 92.9 cm³/mol. The lowest BCUT2D eigenvalue weighted by Gasteiger charge is -2.23. The number of hydrogen-bond donors (Lipinski definition) is 4. The van der Waals surface area contributed by atoms with Crippen molar-refractivity contribution < 1.29 is 24.5 Å². The van der Waals surface area contributed by atoms with Gasteiger partial charge in [0.05, 0.1) is 12.9 Å². The number of aromatic nitrogens is 4. The average molecular weight is 379 g/mol. The summed E-state index contributed by atoms with van der Waals surface area (Å²) in [6.07, 6.45) is -0.823. The first-order valence-corrected chi connectivity index (χ1v) is 8.44. The molecule has 2 aromatic heterocycles. The molecule has 27 heavy (non-hydrogen) atoms. The molecule has 146 valence electrons. The van der Waals surface area contributed by atoms with Crippen LogP contribution in [-0.2, 0) is 14.3 Å². The summed E-state index contributed by atoms with van der Waals surface area (Å²) in [6.45, 7) is 4.05. The van der Waals surface area contributed by atoms with Crippen molar-refractivity contribution in [3.63, 3.8) is 0 Å². The summed E-state index contributed by atoms with van der Waals surface area (Å²) in [5.74, 6) is -1.23. The van der Waals surface area contributed by atoms with E-state index in [0.717, 1.165) is 0 Å². The summed E-state index contributed by atoms with van der Waals surface area (Å²) in [5, 5.41) is 22.5. The number of aliphatic hydroxyl groups excluding tert-OH is 1. The number of hydrogen-bond acceptors (Lipinski definition) is 8. The van der Waals surface area contributed by atoms with Gasteiger partial charge in [-0.05, 0) is 6.92 Å². The maximum absolute atomic E-state index is 12.2. The molecule has 0 unspecified atom stereocenters. The third-order valence-corrected chi connectivity index (χ3v) is 4.62. The summed E-state index contributed by atoms with van der Waals surface area (Å²) in [6, 6.07) is 0. The molecule has 4 N–H and O–H groups in total. The van der Waals surface area contributed by atoms with Crippen molar-refractivity contribution in [2.24, 2.45) is 5.92 Å². The lowest BCUT2D eigenvalue weighted by Crippen LogP contribution is -2.46. The Morgan fingerprint density at radius 1 is 1.52 bits per heavy atom. The molecule has 2 aromatic rings. The first kappa shape index (κ1) is 19.1. The van der Waals surface area contributed by atoms with Crippen LogP contribution in [-0.4, -0.2) is 59.7 Å². The second kappa shape index (κ2) is 6.83. The Bertz CT molecular complexity index is 950. The number of nitrogens with zero attached hydrogens (tertiary/aromatic N) is 3. The molecule has 1 aliphatic rings. The lowest BCUT2D eigenvalue weighted by molar-refractivity contribution is -0.144. The zero-order valence-corrected chi connectivity index (χ0v) is 15.1. The van der Waals surface area contributed by atoms with E-state index in [4.69, 9.17) is 4.74 Å². The van der Waals surface area contributed by atoms with Crippen LogP contribution in [0, 0.1) is 5.92 Å². The number of Topliss-reactive ketones (excluding diaryl/α,β-unsaturated/α-hetero) is 1. The molecule has 11 heteroatoms. The Morgan fingerprint density at radius 2 is 2.22 bits per heavy atom. The smallest absolute Gasteiger partial charge is 0.280 e. The lowest BCUT2D eigenvalue weighted by atomic mass is 9.91. The summed E-state index contributed by atoms with van der Waals surface area (Å²) >= 11 is 0. The number of fused-ring (bicyclic) bond motifs is 1. The molecule has 1 fully saturated rings. The highest BCUT2D eigenvalue weighted by atomic mass is 16.5. The topological polar surface area (TPSA) is 159 Å². The van der Waals surface area contributed by atoms with Crippen LogP contribution in [0.2, 0.25) is 0 Å². The highest BCUT2D eigenvalue weighted by Crippen LogP contribution is 2.38. The zero-order valence-electron chi connectivity index (χ0n) is 15.1. The highest BCUT2D eigenvalue weighted by molar-refractivity contribution is 5.91. The second-order valence-corrected chi connectivity index (χ2v) is 6.83. The van der Waals surface area contributed by atoms with E-state index in [2.05, 4.69) is 20.3 Å². The fraction of sp³-hybridized carbons (Fsp3) is 0.562. The SMILES string of the molecule is CC(=O)[C@]1(O)C[C@H](n2cnc3c(=O)[nH]c(NC(=O)C(C)C)nc32)O[C@@H]1CO. The Balaban J connectivity index is 2.01. The van der Waals surface area contributed by atoms with Crippen LogP contribution in [0.25, 0.3) is 11.2 Å². The van der Waals surface area contributed by atoms with Gasteiger partial charge >= 0.3 is 0 Å². The van der Waals surface area contributed by atoms with Gasteiger partial charge in [-0.2, -0.15) is 4.98 Å². The number of ketones is 1. The molecule has 1 amide bonds. The zero-order chi connectivity index (χ0) is 19.9. The molecule has 0 aromatic carbocycles. The minimum atomic E-state index is -1.86. The minimum absolute atomic E-state index is 0.0139.